The molecule has 4 nitrogen and oxygen atoms in total. The van der Waals surface area contributed by atoms with Gasteiger partial charge in [-0.2, -0.15) is 0 Å². The Bertz CT molecular complexity index is 378. The molecule has 1 heterocycles. The fourth-order valence-electron chi connectivity index (χ4n) is 1.77. The quantitative estimate of drug-likeness (QED) is 0.736. The Morgan fingerprint density at radius 1 is 1.50 bits per heavy atom. The molecule has 94 valence electrons. The number of sulfone groups is 1. The van der Waals surface area contributed by atoms with Gasteiger partial charge in [-0.3, -0.25) is 4.79 Å². The van der Waals surface area contributed by atoms with Gasteiger partial charge in [0, 0.05) is 24.2 Å². The van der Waals surface area contributed by atoms with E-state index < -0.39 is 14.6 Å². The van der Waals surface area contributed by atoms with Gasteiger partial charge in [0.25, 0.3) is 0 Å². The Morgan fingerprint density at radius 3 is 2.50 bits per heavy atom. The molecule has 1 saturated heterocycles. The highest BCUT2D eigenvalue weighted by Crippen LogP contribution is 2.26. The Balaban J connectivity index is 2.94. The van der Waals surface area contributed by atoms with E-state index in [1.165, 1.54) is 13.8 Å². The molecule has 1 unspecified atom stereocenters. The van der Waals surface area contributed by atoms with E-state index in [0.717, 1.165) is 19.1 Å². The highest BCUT2D eigenvalue weighted by atomic mass is 79.9. The molecule has 0 aliphatic carbocycles. The fourth-order valence-corrected chi connectivity index (χ4v) is 2.88. The van der Waals surface area contributed by atoms with Crippen molar-refractivity contribution >= 4 is 31.7 Å². The van der Waals surface area contributed by atoms with Crippen molar-refractivity contribution in [2.75, 3.05) is 18.1 Å². The van der Waals surface area contributed by atoms with Gasteiger partial charge in [0.2, 0.25) is 5.91 Å². The molecule has 0 aromatic rings. The Labute approximate surface area is 105 Å². The summed E-state index contributed by atoms with van der Waals surface area (Å²) in [5.41, 5.74) is 0. The zero-order chi connectivity index (χ0) is 12.6. The maximum atomic E-state index is 12.2. The van der Waals surface area contributed by atoms with Crippen LogP contribution in [0.1, 0.15) is 26.7 Å². The minimum atomic E-state index is -3.38. The van der Waals surface area contributed by atoms with Gasteiger partial charge in [-0.1, -0.05) is 15.9 Å². The highest BCUT2D eigenvalue weighted by molar-refractivity contribution is 9.09. The van der Waals surface area contributed by atoms with Crippen molar-refractivity contribution in [2.45, 2.75) is 37.5 Å². The van der Waals surface area contributed by atoms with E-state index in [4.69, 9.17) is 0 Å². The number of alkyl halides is 1. The normalized spacial score (nSPS) is 22.5. The number of nitrogens with zero attached hydrogens (tertiary/aromatic N) is 1. The summed E-state index contributed by atoms with van der Waals surface area (Å²) >= 11 is 3.36. The van der Waals surface area contributed by atoms with Gasteiger partial charge >= 0.3 is 0 Å². The lowest BCUT2D eigenvalue weighted by molar-refractivity contribution is -0.133. The number of amides is 1. The molecule has 0 aromatic heterocycles. The van der Waals surface area contributed by atoms with Crippen LogP contribution in [-0.4, -0.2) is 48.1 Å². The van der Waals surface area contributed by atoms with E-state index >= 15 is 0 Å². The van der Waals surface area contributed by atoms with Crippen LogP contribution in [0.15, 0.2) is 0 Å². The monoisotopic (exact) mass is 311 g/mol. The summed E-state index contributed by atoms with van der Waals surface area (Å²) in [6.07, 6.45) is 3.00. The molecule has 6 heteroatoms. The summed E-state index contributed by atoms with van der Waals surface area (Å²) in [7, 11) is -3.38. The van der Waals surface area contributed by atoms with Crippen LogP contribution >= 0.6 is 15.9 Å². The second-order valence-electron chi connectivity index (χ2n) is 4.73. The van der Waals surface area contributed by atoms with Crippen molar-refractivity contribution in [3.8, 4) is 0 Å². The molecule has 0 N–H and O–H groups in total. The number of halogens is 1. The number of hydrogen-bond acceptors (Lipinski definition) is 3. The van der Waals surface area contributed by atoms with Crippen LogP contribution in [0.2, 0.25) is 0 Å². The summed E-state index contributed by atoms with van der Waals surface area (Å²) in [5, 5.41) is 0.707. The predicted octanol–water partition coefficient (Wildman–Crippen LogP) is 1.20. The molecule has 0 aromatic carbocycles. The van der Waals surface area contributed by atoms with E-state index in [-0.39, 0.29) is 11.9 Å². The fraction of sp³-hybridized carbons (Fsp3) is 0.900. The highest BCUT2D eigenvalue weighted by Gasteiger charge is 2.44. The van der Waals surface area contributed by atoms with Crippen molar-refractivity contribution in [3.05, 3.63) is 0 Å². The van der Waals surface area contributed by atoms with Crippen molar-refractivity contribution in [2.24, 2.45) is 0 Å². The first-order valence-electron chi connectivity index (χ1n) is 5.28. The number of carbonyl (C=O) groups excluding carboxylic acids is 1. The van der Waals surface area contributed by atoms with E-state index in [9.17, 15) is 13.2 Å². The summed E-state index contributed by atoms with van der Waals surface area (Å²) in [6.45, 7) is 3.62. The van der Waals surface area contributed by atoms with Gasteiger partial charge in [-0.15, -0.1) is 0 Å². The van der Waals surface area contributed by atoms with Crippen molar-refractivity contribution in [1.82, 2.24) is 4.90 Å². The summed E-state index contributed by atoms with van der Waals surface area (Å²) in [6, 6.07) is 0.133. The standard InChI is InChI=1S/C10H18BrNO3S/c1-10(2,16(3,14)15)9(13)12-6-4-5-8(12)7-11/h8H,4-7H2,1-3H3. The molecule has 1 aliphatic rings. The minimum absolute atomic E-state index is 0.133. The topological polar surface area (TPSA) is 54.5 Å². The number of carbonyl (C=O) groups is 1. The minimum Gasteiger partial charge on any atom is -0.338 e. The molecule has 1 aliphatic heterocycles. The molecule has 0 saturated carbocycles. The second kappa shape index (κ2) is 4.64. The molecule has 0 radical (unpaired) electrons. The van der Waals surface area contributed by atoms with Gasteiger partial charge in [0.15, 0.2) is 9.84 Å². The molecular formula is C10H18BrNO3S. The average molecular weight is 312 g/mol. The Kier molecular flexibility index (Phi) is 4.05. The largest absolute Gasteiger partial charge is 0.338 e. The molecular weight excluding hydrogens is 294 g/mol. The van der Waals surface area contributed by atoms with Crippen LogP contribution < -0.4 is 0 Å². The summed E-state index contributed by atoms with van der Waals surface area (Å²) < 4.78 is 21.9. The van der Waals surface area contributed by atoms with E-state index in [2.05, 4.69) is 15.9 Å². The SMILES string of the molecule is CC(C)(C(=O)N1CCCC1CBr)S(C)(=O)=O. The van der Waals surface area contributed by atoms with Gasteiger partial charge in [0.1, 0.15) is 4.75 Å². The molecule has 0 bridgehead atoms. The third-order valence-electron chi connectivity index (χ3n) is 3.26. The number of hydrogen-bond donors (Lipinski definition) is 0. The third-order valence-corrected chi connectivity index (χ3v) is 6.03. The Hall–Kier alpha value is -0.100. The van der Waals surface area contributed by atoms with Crippen molar-refractivity contribution < 1.29 is 13.2 Å². The zero-order valence-corrected chi connectivity index (χ0v) is 12.3. The van der Waals surface area contributed by atoms with Crippen LogP contribution in [0.4, 0.5) is 0 Å². The molecule has 1 rings (SSSR count). The van der Waals surface area contributed by atoms with Gasteiger partial charge < -0.3 is 4.90 Å². The predicted molar refractivity (Wildman–Crippen MR) is 67.5 cm³/mol. The molecule has 1 fully saturated rings. The second-order valence-corrected chi connectivity index (χ2v) is 7.94. The van der Waals surface area contributed by atoms with E-state index in [1.54, 1.807) is 4.90 Å². The lowest BCUT2D eigenvalue weighted by Gasteiger charge is -2.31. The van der Waals surface area contributed by atoms with Gasteiger partial charge in [-0.05, 0) is 26.7 Å². The maximum absolute atomic E-state index is 12.2. The van der Waals surface area contributed by atoms with Crippen molar-refractivity contribution in [3.63, 3.8) is 0 Å². The maximum Gasteiger partial charge on any atom is 0.243 e. The molecule has 16 heavy (non-hydrogen) atoms. The first kappa shape index (κ1) is 14.0. The van der Waals surface area contributed by atoms with Crippen LogP contribution in [0.25, 0.3) is 0 Å². The summed E-state index contributed by atoms with van der Waals surface area (Å²) in [4.78, 5) is 13.9. The van der Waals surface area contributed by atoms with Crippen LogP contribution in [0.5, 0.6) is 0 Å². The van der Waals surface area contributed by atoms with E-state index in [1.807, 2.05) is 0 Å². The van der Waals surface area contributed by atoms with E-state index in [0.29, 0.717) is 11.9 Å². The number of rotatable bonds is 3. The average Bonchev–Trinajstić information content (AvgIpc) is 2.62. The van der Waals surface area contributed by atoms with Crippen LogP contribution in [0, 0.1) is 0 Å². The van der Waals surface area contributed by atoms with Crippen LogP contribution in [0.3, 0.4) is 0 Å². The zero-order valence-electron chi connectivity index (χ0n) is 9.86. The molecule has 1 atom stereocenters. The first-order chi connectivity index (χ1) is 7.21. The Morgan fingerprint density at radius 2 is 2.06 bits per heavy atom. The third kappa shape index (κ3) is 2.42. The van der Waals surface area contributed by atoms with Gasteiger partial charge in [0.05, 0.1) is 0 Å². The lowest BCUT2D eigenvalue weighted by Crippen LogP contribution is -2.51. The first-order valence-corrected chi connectivity index (χ1v) is 8.29. The lowest BCUT2D eigenvalue weighted by atomic mass is 10.1. The molecule has 1 amide bonds. The summed E-state index contributed by atoms with van der Waals surface area (Å²) in [5.74, 6) is -0.281. The van der Waals surface area contributed by atoms with Crippen LogP contribution in [-0.2, 0) is 14.6 Å². The molecule has 0 spiro atoms. The smallest absolute Gasteiger partial charge is 0.243 e. The van der Waals surface area contributed by atoms with Crippen molar-refractivity contribution in [1.29, 1.82) is 0 Å². The number of likely N-dealkylation sites (tertiary alicyclic amines) is 1. The van der Waals surface area contributed by atoms with Gasteiger partial charge in [-0.25, -0.2) is 8.42 Å².